The summed E-state index contributed by atoms with van der Waals surface area (Å²) in [5, 5.41) is 4.73. The maximum absolute atomic E-state index is 5.42. The monoisotopic (exact) mass is 601 g/mol. The lowest BCUT2D eigenvalue weighted by molar-refractivity contribution is 0.566. The predicted octanol–water partition coefficient (Wildman–Crippen LogP) is 10.9. The van der Waals surface area contributed by atoms with Crippen LogP contribution in [-0.4, -0.2) is 24.1 Å². The SMILES string of the molecule is CCCCCCCCn1c(-c2ccc(-n3c4ccccc4c4ccccc43)cc2)nc2c3ccc(C)nc3c3nc(C)ccc3c21. The lowest BCUT2D eigenvalue weighted by atomic mass is 10.1. The summed E-state index contributed by atoms with van der Waals surface area (Å²) in [6.07, 6.45) is 7.49. The van der Waals surface area contributed by atoms with Crippen molar-refractivity contribution in [1.29, 1.82) is 0 Å². The molecule has 0 saturated heterocycles. The molecule has 5 heteroatoms. The number of unbranched alkanes of at least 4 members (excludes halogenated alkanes) is 5. The summed E-state index contributed by atoms with van der Waals surface area (Å²) in [4.78, 5) is 15.4. The highest BCUT2D eigenvalue weighted by molar-refractivity contribution is 6.21. The Kier molecular flexibility index (Phi) is 7.25. The van der Waals surface area contributed by atoms with Crippen molar-refractivity contribution in [2.45, 2.75) is 65.8 Å². The van der Waals surface area contributed by atoms with E-state index in [0.29, 0.717) is 0 Å². The first-order chi connectivity index (χ1) is 22.6. The fraction of sp³-hybridized carbons (Fsp3) is 0.244. The van der Waals surface area contributed by atoms with Crippen molar-refractivity contribution in [1.82, 2.24) is 24.1 Å². The maximum Gasteiger partial charge on any atom is 0.141 e. The second-order valence-electron chi connectivity index (χ2n) is 12.7. The Morgan fingerprint density at radius 1 is 0.522 bits per heavy atom. The average Bonchev–Trinajstić information content (AvgIpc) is 3.63. The zero-order valence-electron chi connectivity index (χ0n) is 26.9. The molecular weight excluding hydrogens is 562 g/mol. The van der Waals surface area contributed by atoms with Crippen molar-refractivity contribution in [2.75, 3.05) is 0 Å². The Balaban J connectivity index is 1.30. The van der Waals surface area contributed by atoms with Crippen LogP contribution in [0.15, 0.2) is 97.1 Å². The molecule has 0 aliphatic rings. The molecule has 0 N–H and O–H groups in total. The summed E-state index contributed by atoms with van der Waals surface area (Å²) < 4.78 is 4.83. The van der Waals surface area contributed by atoms with E-state index in [0.717, 1.165) is 74.3 Å². The van der Waals surface area contributed by atoms with Gasteiger partial charge in [0.25, 0.3) is 0 Å². The summed E-state index contributed by atoms with van der Waals surface area (Å²) in [5.41, 5.74) is 10.8. The zero-order chi connectivity index (χ0) is 31.2. The number of pyridine rings is 2. The van der Waals surface area contributed by atoms with E-state index in [4.69, 9.17) is 15.0 Å². The summed E-state index contributed by atoms with van der Waals surface area (Å²) in [7, 11) is 0. The minimum Gasteiger partial charge on any atom is -0.323 e. The molecule has 0 aliphatic carbocycles. The van der Waals surface area contributed by atoms with Crippen molar-refractivity contribution in [3.8, 4) is 17.1 Å². The van der Waals surface area contributed by atoms with Gasteiger partial charge in [-0.3, -0.25) is 9.97 Å². The van der Waals surface area contributed by atoms with E-state index in [-0.39, 0.29) is 0 Å². The highest BCUT2D eigenvalue weighted by atomic mass is 15.1. The lowest BCUT2D eigenvalue weighted by Crippen LogP contribution is -2.02. The fourth-order valence-corrected chi connectivity index (χ4v) is 7.22. The van der Waals surface area contributed by atoms with Crippen LogP contribution in [0.4, 0.5) is 0 Å². The summed E-state index contributed by atoms with van der Waals surface area (Å²) in [6, 6.07) is 34.9. The van der Waals surface area contributed by atoms with Crippen molar-refractivity contribution in [3.63, 3.8) is 0 Å². The summed E-state index contributed by atoms with van der Waals surface area (Å²) in [5.74, 6) is 1.01. The van der Waals surface area contributed by atoms with Gasteiger partial charge in [0.05, 0.1) is 33.1 Å². The van der Waals surface area contributed by atoms with E-state index in [1.54, 1.807) is 0 Å². The molecule has 46 heavy (non-hydrogen) atoms. The maximum atomic E-state index is 5.42. The molecule has 4 heterocycles. The van der Waals surface area contributed by atoms with E-state index in [1.165, 1.54) is 53.9 Å². The molecular formula is C41H39N5. The molecule has 8 aromatic rings. The van der Waals surface area contributed by atoms with Crippen LogP contribution in [0.5, 0.6) is 0 Å². The van der Waals surface area contributed by atoms with E-state index in [9.17, 15) is 0 Å². The van der Waals surface area contributed by atoms with Crippen molar-refractivity contribution in [3.05, 3.63) is 108 Å². The Morgan fingerprint density at radius 2 is 1.11 bits per heavy atom. The number of benzene rings is 4. The Hall–Kier alpha value is -5.03. The Morgan fingerprint density at radius 3 is 1.78 bits per heavy atom. The van der Waals surface area contributed by atoms with Crippen LogP contribution in [0.1, 0.15) is 56.8 Å². The summed E-state index contributed by atoms with van der Waals surface area (Å²) in [6.45, 7) is 7.30. The normalized spacial score (nSPS) is 12.0. The zero-order valence-corrected chi connectivity index (χ0v) is 26.9. The Bertz CT molecular complexity index is 2320. The van der Waals surface area contributed by atoms with Gasteiger partial charge in [-0.2, -0.15) is 0 Å². The van der Waals surface area contributed by atoms with E-state index in [1.807, 2.05) is 6.92 Å². The number of aryl methyl sites for hydroxylation is 3. The number of hydrogen-bond acceptors (Lipinski definition) is 3. The highest BCUT2D eigenvalue weighted by Crippen LogP contribution is 2.38. The second-order valence-corrected chi connectivity index (χ2v) is 12.7. The van der Waals surface area contributed by atoms with Crippen LogP contribution < -0.4 is 0 Å². The van der Waals surface area contributed by atoms with Crippen LogP contribution in [0, 0.1) is 13.8 Å². The molecule has 0 saturated carbocycles. The van der Waals surface area contributed by atoms with Crippen LogP contribution in [-0.2, 0) is 6.54 Å². The molecule has 0 spiro atoms. The van der Waals surface area contributed by atoms with Crippen LogP contribution in [0.3, 0.4) is 0 Å². The average molecular weight is 602 g/mol. The van der Waals surface area contributed by atoms with Gasteiger partial charge < -0.3 is 9.13 Å². The third kappa shape index (κ3) is 4.73. The number of para-hydroxylation sites is 2. The predicted molar refractivity (Wildman–Crippen MR) is 193 cm³/mol. The van der Waals surface area contributed by atoms with Crippen LogP contribution >= 0.6 is 0 Å². The largest absolute Gasteiger partial charge is 0.323 e. The smallest absolute Gasteiger partial charge is 0.141 e. The molecule has 5 nitrogen and oxygen atoms in total. The van der Waals surface area contributed by atoms with Gasteiger partial charge in [0, 0.05) is 50.7 Å². The second kappa shape index (κ2) is 11.7. The molecule has 4 aromatic heterocycles. The lowest BCUT2D eigenvalue weighted by Gasteiger charge is -2.13. The third-order valence-electron chi connectivity index (χ3n) is 9.47. The molecule has 8 rings (SSSR count). The van der Waals surface area contributed by atoms with E-state index in [2.05, 4.69) is 120 Å². The minimum absolute atomic E-state index is 0.917. The number of imidazole rings is 1. The van der Waals surface area contributed by atoms with Gasteiger partial charge >= 0.3 is 0 Å². The molecule has 0 radical (unpaired) electrons. The molecule has 0 fully saturated rings. The van der Waals surface area contributed by atoms with Gasteiger partial charge in [-0.05, 0) is 80.9 Å². The van der Waals surface area contributed by atoms with Gasteiger partial charge in [-0.1, -0.05) is 75.4 Å². The van der Waals surface area contributed by atoms with E-state index < -0.39 is 0 Å². The summed E-state index contributed by atoms with van der Waals surface area (Å²) >= 11 is 0. The standard InChI is InChI=1S/C41H39N5/c1-4-5-6-7-8-13-26-45-40-34-25-19-28(3)43-38(34)37-33(24-18-27(2)42-37)39(40)44-41(45)29-20-22-30(23-21-29)46-35-16-11-9-14-31(35)32-15-10-12-17-36(32)46/h9-12,14-25H,4-8,13,26H2,1-3H3. The molecule has 0 atom stereocenters. The van der Waals surface area contributed by atoms with Crippen LogP contribution in [0.2, 0.25) is 0 Å². The molecule has 0 amide bonds. The van der Waals surface area contributed by atoms with Crippen molar-refractivity contribution >= 4 is 54.6 Å². The van der Waals surface area contributed by atoms with Crippen molar-refractivity contribution in [2.24, 2.45) is 0 Å². The molecule has 0 aliphatic heterocycles. The quantitative estimate of drug-likeness (QED) is 0.122. The topological polar surface area (TPSA) is 48.5 Å². The molecule has 4 aromatic carbocycles. The highest BCUT2D eigenvalue weighted by Gasteiger charge is 2.21. The van der Waals surface area contributed by atoms with Gasteiger partial charge in [0.1, 0.15) is 5.82 Å². The van der Waals surface area contributed by atoms with Gasteiger partial charge in [0.15, 0.2) is 0 Å². The molecule has 0 unspecified atom stereocenters. The van der Waals surface area contributed by atoms with Crippen LogP contribution in [0.25, 0.3) is 71.7 Å². The van der Waals surface area contributed by atoms with Crippen molar-refractivity contribution < 1.29 is 0 Å². The first-order valence-electron chi connectivity index (χ1n) is 16.8. The molecule has 228 valence electrons. The minimum atomic E-state index is 0.917. The van der Waals surface area contributed by atoms with Gasteiger partial charge in [0.2, 0.25) is 0 Å². The number of rotatable bonds is 9. The first kappa shape index (κ1) is 28.4. The van der Waals surface area contributed by atoms with Gasteiger partial charge in [-0.25, -0.2) is 4.98 Å². The number of aromatic nitrogens is 5. The Labute approximate surface area is 269 Å². The molecule has 0 bridgehead atoms. The third-order valence-corrected chi connectivity index (χ3v) is 9.47. The number of fused-ring (bicyclic) bond motifs is 9. The van der Waals surface area contributed by atoms with E-state index >= 15 is 0 Å². The number of hydrogen-bond donors (Lipinski definition) is 0. The fourth-order valence-electron chi connectivity index (χ4n) is 7.22. The number of nitrogens with zero attached hydrogens (tertiary/aromatic N) is 5. The first-order valence-corrected chi connectivity index (χ1v) is 16.8. The van der Waals surface area contributed by atoms with Gasteiger partial charge in [-0.15, -0.1) is 0 Å².